The van der Waals surface area contributed by atoms with Crippen molar-refractivity contribution in [2.45, 2.75) is 31.9 Å². The molecule has 3 N–H and O–H groups in total. The smallest absolute Gasteiger partial charge is 0.481 e. The first-order valence-electron chi connectivity index (χ1n) is 5.90. The highest BCUT2D eigenvalue weighted by atomic mass is 19.4. The van der Waals surface area contributed by atoms with E-state index in [2.05, 4.69) is 5.32 Å². The summed E-state index contributed by atoms with van der Waals surface area (Å²) in [6.45, 7) is 2.15. The van der Waals surface area contributed by atoms with E-state index in [9.17, 15) is 18.0 Å². The third kappa shape index (κ3) is 4.38. The molecule has 19 heavy (non-hydrogen) atoms. The van der Waals surface area contributed by atoms with Crippen LogP contribution in [-0.4, -0.2) is 41.4 Å². The zero-order chi connectivity index (χ0) is 14.7. The van der Waals surface area contributed by atoms with Gasteiger partial charge >= 0.3 is 18.1 Å². The number of carbonyl (C=O) groups is 2. The van der Waals surface area contributed by atoms with Crippen molar-refractivity contribution >= 4 is 11.9 Å². The van der Waals surface area contributed by atoms with E-state index in [1.54, 1.807) is 0 Å². The summed E-state index contributed by atoms with van der Waals surface area (Å²) in [5.74, 6) is -3.39. The normalized spacial score (nSPS) is 22.1. The van der Waals surface area contributed by atoms with E-state index in [0.29, 0.717) is 5.41 Å². The number of nitrogens with one attached hydrogen (secondary N) is 1. The molecule has 0 amide bonds. The van der Waals surface area contributed by atoms with Crippen LogP contribution in [0, 0.1) is 11.3 Å². The molecule has 0 aromatic heterocycles. The van der Waals surface area contributed by atoms with Crippen molar-refractivity contribution < 1.29 is 33.0 Å². The third-order valence-electron chi connectivity index (χ3n) is 3.61. The number of hydrogen-bond acceptors (Lipinski definition) is 3. The summed E-state index contributed by atoms with van der Waals surface area (Å²) in [5.41, 5.74) is 0.411. The molecule has 0 aromatic rings. The van der Waals surface area contributed by atoms with Gasteiger partial charge in [-0.1, -0.05) is 0 Å². The molecule has 1 aliphatic carbocycles. The summed E-state index contributed by atoms with van der Waals surface area (Å²) in [5, 5.41) is 19.2. The maximum Gasteiger partial charge on any atom is 0.490 e. The van der Waals surface area contributed by atoms with Crippen molar-refractivity contribution in [2.24, 2.45) is 11.3 Å². The van der Waals surface area contributed by atoms with E-state index in [1.165, 1.54) is 12.8 Å². The quantitative estimate of drug-likeness (QED) is 0.678. The van der Waals surface area contributed by atoms with Crippen molar-refractivity contribution in [3.05, 3.63) is 0 Å². The van der Waals surface area contributed by atoms with Crippen molar-refractivity contribution in [2.75, 3.05) is 13.1 Å². The molecule has 2 fully saturated rings. The van der Waals surface area contributed by atoms with E-state index in [4.69, 9.17) is 15.0 Å². The Kier molecular flexibility index (Phi) is 4.78. The molecule has 0 atom stereocenters. The van der Waals surface area contributed by atoms with Crippen molar-refractivity contribution in [1.29, 1.82) is 0 Å². The number of carboxylic acids is 2. The summed E-state index contributed by atoms with van der Waals surface area (Å²) < 4.78 is 31.7. The zero-order valence-corrected chi connectivity index (χ0v) is 10.2. The SMILES string of the molecule is O=C(O)C(F)(F)F.O=C(O)C1CC2(CCNCC2)C1. The van der Waals surface area contributed by atoms with Crippen molar-refractivity contribution in [3.63, 3.8) is 0 Å². The fourth-order valence-corrected chi connectivity index (χ4v) is 2.53. The number of carboxylic acid groups (broad SMARTS) is 2. The number of hydrogen-bond donors (Lipinski definition) is 3. The molecule has 2 aliphatic rings. The van der Waals surface area contributed by atoms with Gasteiger partial charge in [-0.2, -0.15) is 13.2 Å². The zero-order valence-electron chi connectivity index (χ0n) is 10.2. The van der Waals surface area contributed by atoms with Crippen LogP contribution in [0.2, 0.25) is 0 Å². The first kappa shape index (κ1) is 15.7. The first-order valence-corrected chi connectivity index (χ1v) is 5.90. The molecule has 0 unspecified atom stereocenters. The lowest BCUT2D eigenvalue weighted by Gasteiger charge is -2.48. The molecule has 0 aromatic carbocycles. The molecule has 1 spiro atoms. The Balaban J connectivity index is 0.000000224. The van der Waals surface area contributed by atoms with Crippen LogP contribution in [0.1, 0.15) is 25.7 Å². The second kappa shape index (κ2) is 5.77. The van der Waals surface area contributed by atoms with Gasteiger partial charge in [0.05, 0.1) is 5.92 Å². The molecular weight excluding hydrogens is 267 g/mol. The van der Waals surface area contributed by atoms with Gasteiger partial charge in [-0.3, -0.25) is 4.79 Å². The van der Waals surface area contributed by atoms with Crippen molar-refractivity contribution in [1.82, 2.24) is 5.32 Å². The Morgan fingerprint density at radius 3 is 1.84 bits per heavy atom. The number of aliphatic carboxylic acids is 2. The predicted molar refractivity (Wildman–Crippen MR) is 58.6 cm³/mol. The van der Waals surface area contributed by atoms with E-state index in [0.717, 1.165) is 25.9 Å². The van der Waals surface area contributed by atoms with Gasteiger partial charge in [0.2, 0.25) is 0 Å². The molecule has 0 radical (unpaired) electrons. The van der Waals surface area contributed by atoms with E-state index in [-0.39, 0.29) is 5.92 Å². The first-order chi connectivity index (χ1) is 8.66. The summed E-state index contributed by atoms with van der Waals surface area (Å²) in [6, 6.07) is 0. The fourth-order valence-electron chi connectivity index (χ4n) is 2.53. The summed E-state index contributed by atoms with van der Waals surface area (Å²) >= 11 is 0. The molecule has 8 heteroatoms. The Morgan fingerprint density at radius 2 is 1.53 bits per heavy atom. The number of rotatable bonds is 1. The number of alkyl halides is 3. The molecule has 5 nitrogen and oxygen atoms in total. The molecule has 2 rings (SSSR count). The van der Waals surface area contributed by atoms with Gasteiger partial charge in [0.1, 0.15) is 0 Å². The van der Waals surface area contributed by atoms with Gasteiger partial charge in [0.15, 0.2) is 0 Å². The minimum atomic E-state index is -5.08. The van der Waals surface area contributed by atoms with Crippen LogP contribution in [0.4, 0.5) is 13.2 Å². The Hall–Kier alpha value is -1.31. The summed E-state index contributed by atoms with van der Waals surface area (Å²) in [6.07, 6.45) is -0.887. The topological polar surface area (TPSA) is 86.6 Å². The van der Waals surface area contributed by atoms with Gasteiger partial charge in [-0.05, 0) is 44.2 Å². The van der Waals surface area contributed by atoms with Gasteiger partial charge in [0.25, 0.3) is 0 Å². The van der Waals surface area contributed by atoms with Crippen LogP contribution in [-0.2, 0) is 9.59 Å². The molecule has 0 bridgehead atoms. The minimum absolute atomic E-state index is 0.0388. The fraction of sp³-hybridized carbons (Fsp3) is 0.818. The molecule has 1 saturated heterocycles. The molecule has 1 saturated carbocycles. The second-order valence-electron chi connectivity index (χ2n) is 5.00. The maximum absolute atomic E-state index is 10.6. The molecular formula is C11H16F3NO4. The predicted octanol–water partition coefficient (Wildman–Crippen LogP) is 1.48. The number of piperidine rings is 1. The Bertz CT molecular complexity index is 342. The molecule has 1 heterocycles. The lowest BCUT2D eigenvalue weighted by molar-refractivity contribution is -0.192. The highest BCUT2D eigenvalue weighted by Crippen LogP contribution is 2.51. The van der Waals surface area contributed by atoms with E-state index >= 15 is 0 Å². The third-order valence-corrected chi connectivity index (χ3v) is 3.61. The van der Waals surface area contributed by atoms with Crippen LogP contribution in [0.3, 0.4) is 0 Å². The Morgan fingerprint density at radius 1 is 1.11 bits per heavy atom. The van der Waals surface area contributed by atoms with Gasteiger partial charge in [-0.25, -0.2) is 4.79 Å². The van der Waals surface area contributed by atoms with Crippen LogP contribution in [0.15, 0.2) is 0 Å². The maximum atomic E-state index is 10.6. The molecule has 110 valence electrons. The average molecular weight is 283 g/mol. The lowest BCUT2D eigenvalue weighted by atomic mass is 9.58. The van der Waals surface area contributed by atoms with Gasteiger partial charge in [0, 0.05) is 0 Å². The second-order valence-corrected chi connectivity index (χ2v) is 5.00. The molecule has 1 aliphatic heterocycles. The van der Waals surface area contributed by atoms with Crippen LogP contribution in [0.25, 0.3) is 0 Å². The minimum Gasteiger partial charge on any atom is -0.481 e. The van der Waals surface area contributed by atoms with Crippen LogP contribution in [0.5, 0.6) is 0 Å². The average Bonchev–Trinajstić information content (AvgIpc) is 2.26. The van der Waals surface area contributed by atoms with E-state index < -0.39 is 18.1 Å². The van der Waals surface area contributed by atoms with Crippen molar-refractivity contribution in [3.8, 4) is 0 Å². The number of halogens is 3. The highest BCUT2D eigenvalue weighted by molar-refractivity contribution is 5.73. The van der Waals surface area contributed by atoms with Crippen LogP contribution >= 0.6 is 0 Å². The van der Waals surface area contributed by atoms with Gasteiger partial charge < -0.3 is 15.5 Å². The highest BCUT2D eigenvalue weighted by Gasteiger charge is 2.47. The van der Waals surface area contributed by atoms with Crippen LogP contribution < -0.4 is 5.32 Å². The lowest BCUT2D eigenvalue weighted by Crippen LogP contribution is -2.47. The Labute approximate surface area is 107 Å². The largest absolute Gasteiger partial charge is 0.490 e. The summed E-state index contributed by atoms with van der Waals surface area (Å²) in [4.78, 5) is 19.5. The van der Waals surface area contributed by atoms with E-state index in [1.807, 2.05) is 0 Å². The summed E-state index contributed by atoms with van der Waals surface area (Å²) in [7, 11) is 0. The van der Waals surface area contributed by atoms with Gasteiger partial charge in [-0.15, -0.1) is 0 Å². The standard InChI is InChI=1S/C9H15NO2.C2HF3O2/c11-8(12)7-5-9(6-7)1-3-10-4-2-9;3-2(4,5)1(6)7/h7,10H,1-6H2,(H,11,12);(H,6,7). The monoisotopic (exact) mass is 283 g/mol.